The molecule has 3 nitrogen and oxygen atoms in total. The molecular weight excluding hydrogens is 121 g/mol. The predicted molar refractivity (Wildman–Crippen MR) is 21.8 cm³/mol. The van der Waals surface area contributed by atoms with Gasteiger partial charge in [-0.2, -0.15) is 7.05 Å². The van der Waals surface area contributed by atoms with Gasteiger partial charge in [-0.15, -0.1) is 0 Å². The first-order valence-electron chi connectivity index (χ1n) is 1.54. The van der Waals surface area contributed by atoms with Gasteiger partial charge in [0, 0.05) is 0 Å². The molecule has 0 rings (SSSR count). The molecule has 1 N–H and O–H groups in total. The van der Waals surface area contributed by atoms with E-state index in [0.717, 1.165) is 0 Å². The Kier molecular flexibility index (Phi) is 11.0. The van der Waals surface area contributed by atoms with Crippen molar-refractivity contribution >= 4 is 5.97 Å². The Morgan fingerprint density at radius 3 is 2.29 bits per heavy atom. The molecule has 0 aliphatic rings. The molecular formula is C3H6KNO2. The summed E-state index contributed by atoms with van der Waals surface area (Å²) in [6.07, 6.45) is 0. The van der Waals surface area contributed by atoms with E-state index in [1.54, 1.807) is 0 Å². The van der Waals surface area contributed by atoms with Crippen molar-refractivity contribution in [2.45, 2.75) is 0 Å². The van der Waals surface area contributed by atoms with Gasteiger partial charge in [0.15, 0.2) is 0 Å². The van der Waals surface area contributed by atoms with E-state index in [1.807, 2.05) is 0 Å². The number of rotatable bonds is 2. The van der Waals surface area contributed by atoms with Crippen LogP contribution >= 0.6 is 0 Å². The number of hydrogen-bond donors (Lipinski definition) is 1. The van der Waals surface area contributed by atoms with Gasteiger partial charge in [-0.25, -0.2) is 0 Å². The van der Waals surface area contributed by atoms with Gasteiger partial charge in [0.1, 0.15) is 0 Å². The first kappa shape index (κ1) is 10.9. The van der Waals surface area contributed by atoms with E-state index in [4.69, 9.17) is 5.11 Å². The van der Waals surface area contributed by atoms with Crippen molar-refractivity contribution in [1.29, 1.82) is 0 Å². The van der Waals surface area contributed by atoms with Gasteiger partial charge in [0.25, 0.3) is 5.97 Å². The molecule has 0 heterocycles. The third kappa shape index (κ3) is 11.0. The van der Waals surface area contributed by atoms with Gasteiger partial charge >= 0.3 is 51.4 Å². The average Bonchev–Trinajstić information content (AvgIpc) is 1.35. The molecule has 0 aromatic rings. The van der Waals surface area contributed by atoms with Crippen molar-refractivity contribution < 1.29 is 61.3 Å². The van der Waals surface area contributed by atoms with Gasteiger partial charge in [-0.3, -0.25) is 4.79 Å². The summed E-state index contributed by atoms with van der Waals surface area (Å²) in [4.78, 5) is 9.51. The number of nitrogens with zero attached hydrogens (tertiary/aromatic N) is 1. The molecule has 4 heteroatoms. The van der Waals surface area contributed by atoms with Crippen LogP contribution in [0, 0.1) is 0 Å². The minimum atomic E-state index is -0.877. The van der Waals surface area contributed by atoms with E-state index in [-0.39, 0.29) is 57.9 Å². The fourth-order valence-corrected chi connectivity index (χ4v) is 0.135. The van der Waals surface area contributed by atoms with E-state index in [9.17, 15) is 4.79 Å². The molecule has 0 bridgehead atoms. The number of hydrogen-bond acceptors (Lipinski definition) is 1. The summed E-state index contributed by atoms with van der Waals surface area (Å²) in [5, 5.41) is 11.2. The molecule has 0 aromatic heterocycles. The largest absolute Gasteiger partial charge is 1.00 e. The molecule has 0 amide bonds. The molecule has 0 saturated carbocycles. The molecule has 0 spiro atoms. The molecule has 0 saturated heterocycles. The second-order valence-corrected chi connectivity index (χ2v) is 0.868. The Bertz CT molecular complexity index is 56.9. The number of carboxylic acid groups (broad SMARTS) is 1. The molecule has 7 heavy (non-hydrogen) atoms. The van der Waals surface area contributed by atoms with E-state index < -0.39 is 5.97 Å². The van der Waals surface area contributed by atoms with Crippen molar-refractivity contribution in [2.24, 2.45) is 0 Å². The number of aliphatic carboxylic acids is 1. The van der Waals surface area contributed by atoms with Crippen molar-refractivity contribution in [3.63, 3.8) is 0 Å². The zero-order valence-electron chi connectivity index (χ0n) is 4.51. The Morgan fingerprint density at radius 2 is 2.29 bits per heavy atom. The van der Waals surface area contributed by atoms with Crippen LogP contribution in [0.1, 0.15) is 0 Å². The van der Waals surface area contributed by atoms with Crippen LogP contribution in [0.3, 0.4) is 0 Å². The van der Waals surface area contributed by atoms with Crippen LogP contribution in [0.25, 0.3) is 5.32 Å². The third-order valence-electron chi connectivity index (χ3n) is 0.293. The van der Waals surface area contributed by atoms with E-state index >= 15 is 0 Å². The Labute approximate surface area is 84.9 Å². The molecule has 36 valence electrons. The van der Waals surface area contributed by atoms with Crippen LogP contribution in [-0.2, 0) is 4.79 Å². The fourth-order valence-electron chi connectivity index (χ4n) is 0.135. The summed E-state index contributed by atoms with van der Waals surface area (Å²) in [6, 6.07) is 0. The Morgan fingerprint density at radius 1 is 1.86 bits per heavy atom. The quantitative estimate of drug-likeness (QED) is 0.404. The first-order chi connectivity index (χ1) is 2.77. The molecule has 0 aliphatic carbocycles. The van der Waals surface area contributed by atoms with Crippen molar-refractivity contribution in [2.75, 3.05) is 13.6 Å². The summed E-state index contributed by atoms with van der Waals surface area (Å²) in [6.45, 7) is -0.0833. The zero-order valence-corrected chi connectivity index (χ0v) is 7.63. The Balaban J connectivity index is 0. The maximum Gasteiger partial charge on any atom is 1.00 e. The topological polar surface area (TPSA) is 51.4 Å². The second kappa shape index (κ2) is 7.07. The number of likely N-dealkylation sites (N-methyl/N-ethyl adjacent to an activating group) is 1. The van der Waals surface area contributed by atoms with Gasteiger partial charge < -0.3 is 10.4 Å². The van der Waals surface area contributed by atoms with Crippen LogP contribution < -0.4 is 51.4 Å². The van der Waals surface area contributed by atoms with Crippen LogP contribution in [0.15, 0.2) is 0 Å². The minimum absolute atomic E-state index is 0. The maximum absolute atomic E-state index is 9.51. The van der Waals surface area contributed by atoms with Crippen molar-refractivity contribution in [3.05, 3.63) is 5.32 Å². The third-order valence-corrected chi connectivity index (χ3v) is 0.293. The van der Waals surface area contributed by atoms with E-state index in [0.29, 0.717) is 0 Å². The first-order valence-corrected chi connectivity index (χ1v) is 1.54. The number of carbonyl (C=O) groups is 1. The van der Waals surface area contributed by atoms with Gasteiger partial charge in [0.05, 0.1) is 0 Å². The molecule has 0 unspecified atom stereocenters. The summed E-state index contributed by atoms with van der Waals surface area (Å²) in [5.41, 5.74) is 0. The fraction of sp³-hybridized carbons (Fsp3) is 0.667. The monoisotopic (exact) mass is 127 g/mol. The summed E-state index contributed by atoms with van der Waals surface area (Å²) >= 11 is 0. The summed E-state index contributed by atoms with van der Waals surface area (Å²) in [7, 11) is 1.47. The molecule has 0 aliphatic heterocycles. The van der Waals surface area contributed by atoms with Crippen molar-refractivity contribution in [3.8, 4) is 0 Å². The average molecular weight is 127 g/mol. The summed E-state index contributed by atoms with van der Waals surface area (Å²) in [5.74, 6) is -0.877. The van der Waals surface area contributed by atoms with Crippen molar-refractivity contribution in [1.82, 2.24) is 0 Å². The zero-order chi connectivity index (χ0) is 4.99. The second-order valence-electron chi connectivity index (χ2n) is 0.868. The number of carboxylic acids is 1. The molecule has 0 radical (unpaired) electrons. The van der Waals surface area contributed by atoms with Crippen LogP contribution in [0.2, 0.25) is 0 Å². The predicted octanol–water partition coefficient (Wildman–Crippen LogP) is -2.92. The SMILES string of the molecule is C[N-]CC(=O)O.[K+]. The molecule has 0 aromatic carbocycles. The normalized spacial score (nSPS) is 7.00. The smallest absolute Gasteiger partial charge is 0.656 e. The van der Waals surface area contributed by atoms with Gasteiger partial charge in [0.2, 0.25) is 0 Å². The molecule has 0 atom stereocenters. The van der Waals surface area contributed by atoms with Gasteiger partial charge in [-0.05, 0) is 6.54 Å². The van der Waals surface area contributed by atoms with E-state index in [2.05, 4.69) is 5.32 Å². The van der Waals surface area contributed by atoms with E-state index in [1.165, 1.54) is 7.05 Å². The minimum Gasteiger partial charge on any atom is -0.656 e. The van der Waals surface area contributed by atoms with Crippen LogP contribution in [-0.4, -0.2) is 24.7 Å². The maximum atomic E-state index is 9.51. The molecule has 0 fully saturated rings. The summed E-state index contributed by atoms with van der Waals surface area (Å²) < 4.78 is 0. The van der Waals surface area contributed by atoms with Gasteiger partial charge in [-0.1, -0.05) is 0 Å². The Hall–Kier alpha value is 1.07. The van der Waals surface area contributed by atoms with Crippen LogP contribution in [0.4, 0.5) is 0 Å². The standard InChI is InChI=1S/C3H6NO2.K/c1-4-2-3(5)6;/h2H2,1H3,(H,5,6);/q-1;+1. The van der Waals surface area contributed by atoms with Crippen LogP contribution in [0.5, 0.6) is 0 Å².